The lowest BCUT2D eigenvalue weighted by Gasteiger charge is -2.23. The summed E-state index contributed by atoms with van der Waals surface area (Å²) < 4.78 is 5.31. The van der Waals surface area contributed by atoms with Crippen molar-refractivity contribution in [3.8, 4) is 0 Å². The van der Waals surface area contributed by atoms with Gasteiger partial charge in [0.05, 0.1) is 12.1 Å². The Kier molecular flexibility index (Phi) is 3.57. The molecule has 0 aliphatic heterocycles. The van der Waals surface area contributed by atoms with Crippen LogP contribution in [-0.4, -0.2) is 34.5 Å². The summed E-state index contributed by atoms with van der Waals surface area (Å²) in [4.78, 5) is 1.69. The maximum atomic E-state index is 9.61. The first-order chi connectivity index (χ1) is 6.79. The highest BCUT2D eigenvalue weighted by Crippen LogP contribution is 2.21. The lowest BCUT2D eigenvalue weighted by Crippen LogP contribution is -2.36. The standard InChI is InChI=1S/C9H16ClN3O2/c1-6(10)7-11-12-8(15-7)13(4)5-9(2,3)14/h6,14H,5H2,1-4H3. The van der Waals surface area contributed by atoms with Crippen LogP contribution in [0.2, 0.25) is 0 Å². The zero-order valence-electron chi connectivity index (χ0n) is 9.36. The highest BCUT2D eigenvalue weighted by molar-refractivity contribution is 6.20. The first-order valence-corrected chi connectivity index (χ1v) is 5.14. The van der Waals surface area contributed by atoms with Gasteiger partial charge in [0.15, 0.2) is 0 Å². The Morgan fingerprint density at radius 2 is 2.13 bits per heavy atom. The molecule has 0 aromatic carbocycles. The van der Waals surface area contributed by atoms with Crippen LogP contribution < -0.4 is 4.90 Å². The molecule has 1 unspecified atom stereocenters. The van der Waals surface area contributed by atoms with E-state index >= 15 is 0 Å². The summed E-state index contributed by atoms with van der Waals surface area (Å²) in [6.07, 6.45) is 0. The van der Waals surface area contributed by atoms with E-state index in [1.807, 2.05) is 0 Å². The van der Waals surface area contributed by atoms with Crippen LogP contribution in [0.4, 0.5) is 6.01 Å². The van der Waals surface area contributed by atoms with Gasteiger partial charge in [0.1, 0.15) is 5.38 Å². The first kappa shape index (κ1) is 12.3. The largest absolute Gasteiger partial charge is 0.406 e. The van der Waals surface area contributed by atoms with E-state index in [1.54, 1.807) is 32.7 Å². The maximum Gasteiger partial charge on any atom is 0.318 e. The van der Waals surface area contributed by atoms with E-state index in [0.717, 1.165) is 0 Å². The average molecular weight is 234 g/mol. The molecule has 1 rings (SSSR count). The second-order valence-electron chi connectivity index (χ2n) is 4.21. The number of hydrogen-bond donors (Lipinski definition) is 1. The van der Waals surface area contributed by atoms with Crippen molar-refractivity contribution in [3.05, 3.63) is 5.89 Å². The molecule has 0 aliphatic rings. The van der Waals surface area contributed by atoms with Gasteiger partial charge in [-0.2, -0.15) is 0 Å². The van der Waals surface area contributed by atoms with E-state index in [1.165, 1.54) is 0 Å². The number of halogens is 1. The van der Waals surface area contributed by atoms with Crippen LogP contribution in [0, 0.1) is 0 Å². The molecule has 0 fully saturated rings. The second kappa shape index (κ2) is 4.37. The third-order valence-corrected chi connectivity index (χ3v) is 1.91. The van der Waals surface area contributed by atoms with Crippen LogP contribution >= 0.6 is 11.6 Å². The van der Waals surface area contributed by atoms with E-state index in [-0.39, 0.29) is 5.38 Å². The number of alkyl halides is 1. The summed E-state index contributed by atoms with van der Waals surface area (Å²) in [5.41, 5.74) is -0.810. The number of nitrogens with zero attached hydrogens (tertiary/aromatic N) is 3. The fourth-order valence-corrected chi connectivity index (χ4v) is 1.28. The van der Waals surface area contributed by atoms with E-state index in [9.17, 15) is 5.11 Å². The molecule has 0 aliphatic carbocycles. The molecular weight excluding hydrogens is 218 g/mol. The molecule has 1 heterocycles. The fraction of sp³-hybridized carbons (Fsp3) is 0.778. The monoisotopic (exact) mass is 233 g/mol. The second-order valence-corrected chi connectivity index (χ2v) is 4.86. The Morgan fingerprint density at radius 3 is 2.53 bits per heavy atom. The molecule has 1 atom stereocenters. The summed E-state index contributed by atoms with van der Waals surface area (Å²) >= 11 is 5.79. The van der Waals surface area contributed by atoms with Gasteiger partial charge in [0, 0.05) is 7.05 Å². The van der Waals surface area contributed by atoms with Gasteiger partial charge in [-0.3, -0.25) is 0 Å². The minimum Gasteiger partial charge on any atom is -0.406 e. The normalized spacial score (nSPS) is 14.0. The number of aromatic nitrogens is 2. The number of likely N-dealkylation sites (N-methyl/N-ethyl adjacent to an activating group) is 1. The van der Waals surface area contributed by atoms with Crippen LogP contribution in [0.5, 0.6) is 0 Å². The number of rotatable bonds is 4. The lowest BCUT2D eigenvalue weighted by molar-refractivity contribution is 0.0874. The maximum absolute atomic E-state index is 9.61. The first-order valence-electron chi connectivity index (χ1n) is 4.70. The van der Waals surface area contributed by atoms with Crippen molar-refractivity contribution in [1.29, 1.82) is 0 Å². The van der Waals surface area contributed by atoms with E-state index in [4.69, 9.17) is 16.0 Å². The number of aliphatic hydroxyl groups is 1. The van der Waals surface area contributed by atoms with Crippen molar-refractivity contribution in [3.63, 3.8) is 0 Å². The third kappa shape index (κ3) is 3.68. The molecule has 6 heteroatoms. The van der Waals surface area contributed by atoms with Gasteiger partial charge in [-0.15, -0.1) is 16.7 Å². The van der Waals surface area contributed by atoms with E-state index < -0.39 is 5.60 Å². The molecular formula is C9H16ClN3O2. The van der Waals surface area contributed by atoms with Crippen molar-refractivity contribution in [2.45, 2.75) is 31.7 Å². The molecule has 15 heavy (non-hydrogen) atoms. The fourth-order valence-electron chi connectivity index (χ4n) is 1.19. The van der Waals surface area contributed by atoms with Gasteiger partial charge in [-0.25, -0.2) is 0 Å². The summed E-state index contributed by atoms with van der Waals surface area (Å²) in [5.74, 6) is 0.384. The topological polar surface area (TPSA) is 62.4 Å². The number of anilines is 1. The average Bonchev–Trinajstić information content (AvgIpc) is 2.47. The lowest BCUT2D eigenvalue weighted by atomic mass is 10.1. The van der Waals surface area contributed by atoms with E-state index in [2.05, 4.69) is 10.2 Å². The zero-order chi connectivity index (χ0) is 11.6. The minimum atomic E-state index is -0.810. The summed E-state index contributed by atoms with van der Waals surface area (Å²) in [6, 6.07) is 0.361. The van der Waals surface area contributed by atoms with Crippen molar-refractivity contribution in [2.75, 3.05) is 18.5 Å². The zero-order valence-corrected chi connectivity index (χ0v) is 10.1. The van der Waals surface area contributed by atoms with Crippen molar-refractivity contribution in [1.82, 2.24) is 10.2 Å². The van der Waals surface area contributed by atoms with E-state index in [0.29, 0.717) is 18.5 Å². The number of hydrogen-bond acceptors (Lipinski definition) is 5. The van der Waals surface area contributed by atoms with Gasteiger partial charge in [0.25, 0.3) is 0 Å². The Bertz CT molecular complexity index is 319. The molecule has 0 radical (unpaired) electrons. The third-order valence-electron chi connectivity index (χ3n) is 1.72. The van der Waals surface area contributed by atoms with Gasteiger partial charge in [-0.05, 0) is 20.8 Å². The predicted molar refractivity (Wildman–Crippen MR) is 58.1 cm³/mol. The molecule has 0 spiro atoms. The smallest absolute Gasteiger partial charge is 0.318 e. The van der Waals surface area contributed by atoms with Gasteiger partial charge >= 0.3 is 6.01 Å². The molecule has 1 aromatic rings. The van der Waals surface area contributed by atoms with Crippen molar-refractivity contribution in [2.24, 2.45) is 0 Å². The molecule has 0 saturated heterocycles. The van der Waals surface area contributed by atoms with Crippen LogP contribution in [0.3, 0.4) is 0 Å². The van der Waals surface area contributed by atoms with Crippen molar-refractivity contribution < 1.29 is 9.52 Å². The molecule has 86 valence electrons. The molecule has 1 aromatic heterocycles. The summed E-state index contributed by atoms with van der Waals surface area (Å²) in [7, 11) is 1.77. The van der Waals surface area contributed by atoms with Crippen LogP contribution in [0.25, 0.3) is 0 Å². The van der Waals surface area contributed by atoms with Gasteiger partial charge in [0.2, 0.25) is 5.89 Å². The molecule has 1 N–H and O–H groups in total. The van der Waals surface area contributed by atoms with Crippen LogP contribution in [0.15, 0.2) is 4.42 Å². The highest BCUT2D eigenvalue weighted by Gasteiger charge is 2.20. The molecule has 5 nitrogen and oxygen atoms in total. The SMILES string of the molecule is CC(Cl)c1nnc(N(C)CC(C)(C)O)o1. The van der Waals surface area contributed by atoms with Gasteiger partial charge < -0.3 is 14.4 Å². The molecule has 0 saturated carbocycles. The van der Waals surface area contributed by atoms with Crippen molar-refractivity contribution >= 4 is 17.6 Å². The highest BCUT2D eigenvalue weighted by atomic mass is 35.5. The molecule has 0 amide bonds. The Balaban J connectivity index is 2.70. The summed E-state index contributed by atoms with van der Waals surface area (Å²) in [5, 5.41) is 16.9. The predicted octanol–water partition coefficient (Wildman–Crippen LogP) is 1.58. The Hall–Kier alpha value is -0.810. The van der Waals surface area contributed by atoms with Crippen LogP contribution in [-0.2, 0) is 0 Å². The Labute approximate surface area is 94.0 Å². The van der Waals surface area contributed by atoms with Crippen LogP contribution in [0.1, 0.15) is 32.0 Å². The summed E-state index contributed by atoms with van der Waals surface area (Å²) in [6.45, 7) is 5.59. The quantitative estimate of drug-likeness (QED) is 0.800. The minimum absolute atomic E-state index is 0.304. The Morgan fingerprint density at radius 1 is 1.53 bits per heavy atom. The van der Waals surface area contributed by atoms with Gasteiger partial charge in [-0.1, -0.05) is 5.10 Å². The molecule has 0 bridgehead atoms.